The van der Waals surface area contributed by atoms with E-state index in [1.165, 1.54) is 18.9 Å². The van der Waals surface area contributed by atoms with Crippen molar-refractivity contribution in [3.05, 3.63) is 58.1 Å². The average Bonchev–Trinajstić information content (AvgIpc) is 3.26. The van der Waals surface area contributed by atoms with Gasteiger partial charge in [0.1, 0.15) is 5.69 Å². The van der Waals surface area contributed by atoms with Crippen molar-refractivity contribution in [1.82, 2.24) is 9.88 Å². The number of nitrogens with zero attached hydrogens (tertiary/aromatic N) is 1. The fourth-order valence-electron chi connectivity index (χ4n) is 2.99. The standard InChI is InChI=1S/C19H18F2N2OS/c1-11-6-16-18(25-11)8-17(19(24)22-9-12-2-3-12)23(16)10-13-4-5-14(20)15(21)7-13/h4-8,12H,2-3,9-10H2,1H3,(H,22,24). The fourth-order valence-corrected chi connectivity index (χ4v) is 3.96. The van der Waals surface area contributed by atoms with Gasteiger partial charge in [0, 0.05) is 18.0 Å². The first-order valence-corrected chi connectivity index (χ1v) is 9.14. The van der Waals surface area contributed by atoms with E-state index in [2.05, 4.69) is 5.32 Å². The number of benzene rings is 1. The highest BCUT2D eigenvalue weighted by Gasteiger charge is 2.23. The molecule has 2 heterocycles. The van der Waals surface area contributed by atoms with E-state index >= 15 is 0 Å². The van der Waals surface area contributed by atoms with Crippen molar-refractivity contribution >= 4 is 27.5 Å². The quantitative estimate of drug-likeness (QED) is 0.715. The number of fused-ring (bicyclic) bond motifs is 1. The number of hydrogen-bond acceptors (Lipinski definition) is 2. The summed E-state index contributed by atoms with van der Waals surface area (Å²) in [7, 11) is 0. The van der Waals surface area contributed by atoms with Crippen LogP contribution in [-0.4, -0.2) is 17.0 Å². The number of amides is 1. The number of thiophene rings is 1. The van der Waals surface area contributed by atoms with Crippen LogP contribution >= 0.6 is 11.3 Å². The third-order valence-electron chi connectivity index (χ3n) is 4.52. The van der Waals surface area contributed by atoms with Gasteiger partial charge < -0.3 is 9.88 Å². The predicted molar refractivity (Wildman–Crippen MR) is 95.1 cm³/mol. The minimum absolute atomic E-state index is 0.115. The monoisotopic (exact) mass is 360 g/mol. The smallest absolute Gasteiger partial charge is 0.267 e. The summed E-state index contributed by atoms with van der Waals surface area (Å²) in [6.07, 6.45) is 2.34. The van der Waals surface area contributed by atoms with E-state index in [0.29, 0.717) is 30.3 Å². The molecule has 4 rings (SSSR count). The van der Waals surface area contributed by atoms with Crippen LogP contribution < -0.4 is 5.32 Å². The number of carbonyl (C=O) groups excluding carboxylic acids is 1. The predicted octanol–water partition coefficient (Wildman–Crippen LogP) is 4.48. The highest BCUT2D eigenvalue weighted by atomic mass is 32.1. The van der Waals surface area contributed by atoms with Crippen LogP contribution in [0.3, 0.4) is 0 Å². The minimum Gasteiger partial charge on any atom is -0.350 e. The molecule has 0 bridgehead atoms. The molecular weight excluding hydrogens is 342 g/mol. The normalized spacial score (nSPS) is 14.2. The number of aryl methyl sites for hydroxylation is 1. The van der Waals surface area contributed by atoms with Gasteiger partial charge in [-0.3, -0.25) is 4.79 Å². The Bertz CT molecular complexity index is 956. The Hall–Kier alpha value is -2.21. The molecule has 1 aliphatic carbocycles. The van der Waals surface area contributed by atoms with Gasteiger partial charge in [-0.05, 0) is 55.5 Å². The van der Waals surface area contributed by atoms with Gasteiger partial charge in [0.25, 0.3) is 5.91 Å². The first kappa shape index (κ1) is 16.3. The van der Waals surface area contributed by atoms with Crippen LogP contribution in [-0.2, 0) is 6.54 Å². The summed E-state index contributed by atoms with van der Waals surface area (Å²) in [5, 5.41) is 2.98. The van der Waals surface area contributed by atoms with Crippen molar-refractivity contribution in [1.29, 1.82) is 0 Å². The van der Waals surface area contributed by atoms with E-state index in [-0.39, 0.29) is 5.91 Å². The summed E-state index contributed by atoms with van der Waals surface area (Å²) in [4.78, 5) is 13.7. The van der Waals surface area contributed by atoms with Crippen molar-refractivity contribution in [3.63, 3.8) is 0 Å². The largest absolute Gasteiger partial charge is 0.350 e. The average molecular weight is 360 g/mol. The lowest BCUT2D eigenvalue weighted by Crippen LogP contribution is -2.27. The van der Waals surface area contributed by atoms with Crippen LogP contribution in [0.15, 0.2) is 30.3 Å². The minimum atomic E-state index is -0.873. The zero-order chi connectivity index (χ0) is 17.6. The molecule has 130 valence electrons. The molecular formula is C19H18F2N2OS. The Morgan fingerprint density at radius 1 is 1.24 bits per heavy atom. The lowest BCUT2D eigenvalue weighted by atomic mass is 10.2. The number of carbonyl (C=O) groups is 1. The van der Waals surface area contributed by atoms with E-state index in [4.69, 9.17) is 0 Å². The molecule has 0 atom stereocenters. The fraction of sp³-hybridized carbons (Fsp3) is 0.316. The zero-order valence-electron chi connectivity index (χ0n) is 13.8. The van der Waals surface area contributed by atoms with Gasteiger partial charge in [-0.1, -0.05) is 6.07 Å². The van der Waals surface area contributed by atoms with Gasteiger partial charge in [-0.25, -0.2) is 8.78 Å². The van der Waals surface area contributed by atoms with Crippen LogP contribution in [0.2, 0.25) is 0 Å². The van der Waals surface area contributed by atoms with Crippen molar-refractivity contribution < 1.29 is 13.6 Å². The summed E-state index contributed by atoms with van der Waals surface area (Å²) < 4.78 is 29.6. The molecule has 0 radical (unpaired) electrons. The number of nitrogens with one attached hydrogen (secondary N) is 1. The van der Waals surface area contributed by atoms with E-state index in [9.17, 15) is 13.6 Å². The van der Waals surface area contributed by atoms with E-state index in [0.717, 1.165) is 21.2 Å². The molecule has 6 heteroatoms. The maximum Gasteiger partial charge on any atom is 0.267 e. The number of rotatable bonds is 5. The summed E-state index contributed by atoms with van der Waals surface area (Å²) in [6, 6.07) is 7.77. The van der Waals surface area contributed by atoms with Gasteiger partial charge in [0.15, 0.2) is 11.6 Å². The molecule has 1 aromatic carbocycles. The Morgan fingerprint density at radius 2 is 2.04 bits per heavy atom. The number of halogens is 2. The van der Waals surface area contributed by atoms with Gasteiger partial charge in [-0.2, -0.15) is 0 Å². The first-order valence-electron chi connectivity index (χ1n) is 8.33. The summed E-state index contributed by atoms with van der Waals surface area (Å²) >= 11 is 1.62. The van der Waals surface area contributed by atoms with Gasteiger partial charge in [0.05, 0.1) is 10.2 Å². The van der Waals surface area contributed by atoms with Gasteiger partial charge in [0.2, 0.25) is 0 Å². The Labute approximate surface area is 148 Å². The molecule has 1 amide bonds. The molecule has 2 aromatic heterocycles. The second-order valence-corrected chi connectivity index (χ2v) is 7.91. The highest BCUT2D eigenvalue weighted by molar-refractivity contribution is 7.19. The Balaban J connectivity index is 1.69. The van der Waals surface area contributed by atoms with Gasteiger partial charge >= 0.3 is 0 Å². The molecule has 1 N–H and O–H groups in total. The third-order valence-corrected chi connectivity index (χ3v) is 5.51. The summed E-state index contributed by atoms with van der Waals surface area (Å²) in [5.74, 6) is -1.25. The van der Waals surface area contributed by atoms with E-state index in [1.54, 1.807) is 17.4 Å². The van der Waals surface area contributed by atoms with E-state index in [1.807, 2.05) is 23.6 Å². The van der Waals surface area contributed by atoms with Crippen molar-refractivity contribution in [2.24, 2.45) is 5.92 Å². The molecule has 0 spiro atoms. The molecule has 0 unspecified atom stereocenters. The zero-order valence-corrected chi connectivity index (χ0v) is 14.6. The van der Waals surface area contributed by atoms with Crippen LogP contribution in [0.4, 0.5) is 8.78 Å². The summed E-state index contributed by atoms with van der Waals surface area (Å²) in [6.45, 7) is 3.03. The topological polar surface area (TPSA) is 34.0 Å². The molecule has 1 aliphatic rings. The third kappa shape index (κ3) is 3.31. The summed E-state index contributed by atoms with van der Waals surface area (Å²) in [5.41, 5.74) is 2.13. The Kier molecular flexibility index (Phi) is 4.07. The number of aromatic nitrogens is 1. The maximum atomic E-state index is 13.5. The van der Waals surface area contributed by atoms with Crippen molar-refractivity contribution in [2.45, 2.75) is 26.3 Å². The second kappa shape index (κ2) is 6.26. The lowest BCUT2D eigenvalue weighted by Gasteiger charge is -2.11. The molecule has 3 nitrogen and oxygen atoms in total. The number of hydrogen-bond donors (Lipinski definition) is 1. The molecule has 1 fully saturated rings. The molecule has 0 aliphatic heterocycles. The molecule has 1 saturated carbocycles. The Morgan fingerprint density at radius 3 is 2.76 bits per heavy atom. The maximum absolute atomic E-state index is 13.5. The molecule has 3 aromatic rings. The first-order chi connectivity index (χ1) is 12.0. The molecule has 25 heavy (non-hydrogen) atoms. The van der Waals surface area contributed by atoms with Crippen LogP contribution in [0.5, 0.6) is 0 Å². The SMILES string of the molecule is Cc1cc2c(cc(C(=O)NCC3CC3)n2Cc2ccc(F)c(F)c2)s1. The van der Waals surface area contributed by atoms with Crippen LogP contribution in [0.1, 0.15) is 33.8 Å². The van der Waals surface area contributed by atoms with Crippen molar-refractivity contribution in [2.75, 3.05) is 6.54 Å². The lowest BCUT2D eigenvalue weighted by molar-refractivity contribution is 0.0943. The second-order valence-electron chi connectivity index (χ2n) is 6.62. The van der Waals surface area contributed by atoms with Gasteiger partial charge in [-0.15, -0.1) is 11.3 Å². The highest BCUT2D eigenvalue weighted by Crippen LogP contribution is 2.30. The van der Waals surface area contributed by atoms with Crippen molar-refractivity contribution in [3.8, 4) is 0 Å². The molecule has 0 saturated heterocycles. The van der Waals surface area contributed by atoms with E-state index < -0.39 is 11.6 Å². The van der Waals surface area contributed by atoms with Crippen LogP contribution in [0.25, 0.3) is 10.2 Å². The van der Waals surface area contributed by atoms with Crippen LogP contribution in [0, 0.1) is 24.5 Å².